The SMILES string of the molecule is Cn1cc(C2/C(=C(\O)c3ccc(Br)cc3)C(=O)C(=O)N2C2CCCC2)c2ccccc21. The van der Waals surface area contributed by atoms with Gasteiger partial charge in [-0.2, -0.15) is 0 Å². The van der Waals surface area contributed by atoms with Crippen molar-refractivity contribution in [2.24, 2.45) is 7.05 Å². The number of ketones is 1. The number of aliphatic hydroxyl groups excluding tert-OH is 1. The number of carbonyl (C=O) groups excluding carboxylic acids is 2. The predicted octanol–water partition coefficient (Wildman–Crippen LogP) is 5.31. The molecule has 1 aliphatic carbocycles. The number of para-hydroxylation sites is 1. The van der Waals surface area contributed by atoms with E-state index in [9.17, 15) is 14.7 Å². The van der Waals surface area contributed by atoms with Gasteiger partial charge in [0.2, 0.25) is 0 Å². The van der Waals surface area contributed by atoms with E-state index in [1.54, 1.807) is 17.0 Å². The maximum absolute atomic E-state index is 13.3. The third-order valence-electron chi connectivity index (χ3n) is 6.54. The maximum Gasteiger partial charge on any atom is 0.295 e. The number of aromatic nitrogens is 1. The van der Waals surface area contributed by atoms with E-state index in [1.165, 1.54) is 0 Å². The molecule has 1 N–H and O–H groups in total. The molecular formula is C25H23BrN2O3. The number of amides is 1. The van der Waals surface area contributed by atoms with Crippen LogP contribution in [0.5, 0.6) is 0 Å². The van der Waals surface area contributed by atoms with E-state index < -0.39 is 17.7 Å². The van der Waals surface area contributed by atoms with E-state index >= 15 is 0 Å². The van der Waals surface area contributed by atoms with E-state index in [0.717, 1.165) is 46.6 Å². The van der Waals surface area contributed by atoms with Crippen LogP contribution in [0.2, 0.25) is 0 Å². The smallest absolute Gasteiger partial charge is 0.295 e. The van der Waals surface area contributed by atoms with Gasteiger partial charge < -0.3 is 14.6 Å². The molecule has 5 rings (SSSR count). The highest BCUT2D eigenvalue weighted by molar-refractivity contribution is 9.10. The van der Waals surface area contributed by atoms with E-state index in [4.69, 9.17) is 0 Å². The third kappa shape index (κ3) is 3.21. The van der Waals surface area contributed by atoms with Crippen LogP contribution in [0, 0.1) is 0 Å². The Bertz CT molecular complexity index is 1220. The number of hydrogen-bond acceptors (Lipinski definition) is 3. The number of aliphatic hydroxyl groups is 1. The lowest BCUT2D eigenvalue weighted by molar-refractivity contribution is -0.141. The summed E-state index contributed by atoms with van der Waals surface area (Å²) in [7, 11) is 1.96. The van der Waals surface area contributed by atoms with Crippen molar-refractivity contribution >= 4 is 44.3 Å². The molecule has 0 bridgehead atoms. The molecule has 2 aliphatic rings. The summed E-state index contributed by atoms with van der Waals surface area (Å²) < 4.78 is 2.89. The van der Waals surface area contributed by atoms with Crippen molar-refractivity contribution in [3.8, 4) is 0 Å². The van der Waals surface area contributed by atoms with Gasteiger partial charge in [0.05, 0.1) is 11.6 Å². The van der Waals surface area contributed by atoms with Crippen LogP contribution in [-0.4, -0.2) is 32.3 Å². The number of rotatable bonds is 3. The van der Waals surface area contributed by atoms with Gasteiger partial charge in [-0.15, -0.1) is 0 Å². The van der Waals surface area contributed by atoms with Gasteiger partial charge in [0, 0.05) is 45.8 Å². The van der Waals surface area contributed by atoms with Crippen LogP contribution in [0.4, 0.5) is 0 Å². The van der Waals surface area contributed by atoms with Crippen LogP contribution in [0.15, 0.2) is 64.8 Å². The normalized spacial score (nSPS) is 21.5. The summed E-state index contributed by atoms with van der Waals surface area (Å²) in [5.74, 6) is -1.24. The van der Waals surface area contributed by atoms with Gasteiger partial charge in [-0.05, 0) is 31.0 Å². The van der Waals surface area contributed by atoms with Crippen LogP contribution >= 0.6 is 15.9 Å². The highest BCUT2D eigenvalue weighted by Gasteiger charge is 2.49. The van der Waals surface area contributed by atoms with Crippen LogP contribution in [0.3, 0.4) is 0 Å². The van der Waals surface area contributed by atoms with Gasteiger partial charge >= 0.3 is 0 Å². The van der Waals surface area contributed by atoms with Crippen molar-refractivity contribution in [2.75, 3.05) is 0 Å². The first-order chi connectivity index (χ1) is 15.0. The number of fused-ring (bicyclic) bond motifs is 1. The van der Waals surface area contributed by atoms with Crippen LogP contribution in [0.25, 0.3) is 16.7 Å². The van der Waals surface area contributed by atoms with Crippen molar-refractivity contribution in [1.29, 1.82) is 0 Å². The molecule has 1 saturated carbocycles. The number of aryl methyl sites for hydroxylation is 1. The topological polar surface area (TPSA) is 62.5 Å². The summed E-state index contributed by atoms with van der Waals surface area (Å²) in [6.07, 6.45) is 5.84. The largest absolute Gasteiger partial charge is 0.507 e. The standard InChI is InChI=1S/C25H23BrN2O3/c1-27-14-19(18-8-4-5-9-20(18)27)22-21(23(29)15-10-12-16(26)13-11-15)24(30)25(31)28(22)17-6-2-3-7-17/h4-5,8-14,17,22,29H,2-3,6-7H2,1H3/b23-21+. The van der Waals surface area contributed by atoms with E-state index in [-0.39, 0.29) is 17.4 Å². The molecule has 1 atom stereocenters. The average molecular weight is 479 g/mol. The molecule has 31 heavy (non-hydrogen) atoms. The highest BCUT2D eigenvalue weighted by Crippen LogP contribution is 2.45. The maximum atomic E-state index is 13.3. The molecule has 1 unspecified atom stereocenters. The highest BCUT2D eigenvalue weighted by atomic mass is 79.9. The van der Waals surface area contributed by atoms with E-state index in [0.29, 0.717) is 5.56 Å². The third-order valence-corrected chi connectivity index (χ3v) is 7.07. The van der Waals surface area contributed by atoms with Gasteiger partial charge in [0.1, 0.15) is 5.76 Å². The van der Waals surface area contributed by atoms with Crippen LogP contribution in [0.1, 0.15) is 42.9 Å². The number of benzene rings is 2. The number of Topliss-reactive ketones (excluding diaryl/α,β-unsaturated/α-hetero) is 1. The van der Waals surface area contributed by atoms with Crippen molar-refractivity contribution in [2.45, 2.75) is 37.8 Å². The Morgan fingerprint density at radius 2 is 1.71 bits per heavy atom. The number of carbonyl (C=O) groups is 2. The van der Waals surface area contributed by atoms with Crippen molar-refractivity contribution < 1.29 is 14.7 Å². The average Bonchev–Trinajstić information content (AvgIpc) is 3.47. The lowest BCUT2D eigenvalue weighted by atomic mass is 9.94. The fourth-order valence-electron chi connectivity index (χ4n) is 5.07. The molecule has 2 aromatic carbocycles. The van der Waals surface area contributed by atoms with Gasteiger partial charge in [0.15, 0.2) is 0 Å². The minimum atomic E-state index is -0.606. The van der Waals surface area contributed by atoms with Crippen molar-refractivity contribution in [3.63, 3.8) is 0 Å². The lowest BCUT2D eigenvalue weighted by Gasteiger charge is -2.30. The number of likely N-dealkylation sites (tertiary alicyclic amines) is 1. The zero-order valence-electron chi connectivity index (χ0n) is 17.2. The number of halogens is 1. The Balaban J connectivity index is 1.75. The summed E-state index contributed by atoms with van der Waals surface area (Å²) >= 11 is 3.40. The quantitative estimate of drug-likeness (QED) is 0.315. The number of hydrogen-bond donors (Lipinski definition) is 1. The Hall–Kier alpha value is -2.86. The van der Waals surface area contributed by atoms with Gasteiger partial charge in [-0.1, -0.05) is 59.1 Å². The van der Waals surface area contributed by atoms with E-state index in [1.807, 2.05) is 54.2 Å². The molecule has 2 fully saturated rings. The van der Waals surface area contributed by atoms with Crippen LogP contribution < -0.4 is 0 Å². The first-order valence-corrected chi connectivity index (χ1v) is 11.4. The van der Waals surface area contributed by atoms with Gasteiger partial charge in [-0.3, -0.25) is 9.59 Å². The predicted molar refractivity (Wildman–Crippen MR) is 123 cm³/mol. The second kappa shape index (κ2) is 7.68. The Morgan fingerprint density at radius 1 is 1.03 bits per heavy atom. The molecule has 1 saturated heterocycles. The molecule has 158 valence electrons. The monoisotopic (exact) mass is 478 g/mol. The van der Waals surface area contributed by atoms with E-state index in [2.05, 4.69) is 15.9 Å². The van der Waals surface area contributed by atoms with Gasteiger partial charge in [-0.25, -0.2) is 0 Å². The van der Waals surface area contributed by atoms with Crippen molar-refractivity contribution in [3.05, 3.63) is 75.9 Å². The fraction of sp³-hybridized carbons (Fsp3) is 0.280. The molecular weight excluding hydrogens is 456 g/mol. The second-order valence-electron chi connectivity index (χ2n) is 8.36. The summed E-state index contributed by atoms with van der Waals surface area (Å²) in [5.41, 5.74) is 2.61. The summed E-state index contributed by atoms with van der Waals surface area (Å²) in [4.78, 5) is 28.2. The molecule has 1 aromatic heterocycles. The molecule has 1 aliphatic heterocycles. The minimum Gasteiger partial charge on any atom is -0.507 e. The zero-order chi connectivity index (χ0) is 21.7. The Kier molecular flexibility index (Phi) is 4.97. The van der Waals surface area contributed by atoms with Gasteiger partial charge in [0.25, 0.3) is 11.7 Å². The summed E-state index contributed by atoms with van der Waals surface area (Å²) in [6, 6.07) is 14.5. The molecule has 2 heterocycles. The van der Waals surface area contributed by atoms with Crippen LogP contribution in [-0.2, 0) is 16.6 Å². The molecule has 0 radical (unpaired) electrons. The zero-order valence-corrected chi connectivity index (χ0v) is 18.8. The summed E-state index contributed by atoms with van der Waals surface area (Å²) in [6.45, 7) is 0. The first-order valence-electron chi connectivity index (χ1n) is 10.6. The van der Waals surface area contributed by atoms with Crippen molar-refractivity contribution in [1.82, 2.24) is 9.47 Å². The second-order valence-corrected chi connectivity index (χ2v) is 9.28. The molecule has 0 spiro atoms. The molecule has 6 heteroatoms. The minimum absolute atomic E-state index is 0.00985. The first kappa shape index (κ1) is 20.1. The Morgan fingerprint density at radius 3 is 2.42 bits per heavy atom. The lowest BCUT2D eigenvalue weighted by Crippen LogP contribution is -2.37. The summed E-state index contributed by atoms with van der Waals surface area (Å²) in [5, 5.41) is 12.2. The molecule has 3 aromatic rings. The fourth-order valence-corrected chi connectivity index (χ4v) is 5.33. The number of nitrogens with zero attached hydrogens (tertiary/aromatic N) is 2. The Labute approximate surface area is 189 Å². The molecule has 1 amide bonds. The molecule has 5 nitrogen and oxygen atoms in total.